The maximum atomic E-state index is 12.5. The second-order valence-electron chi connectivity index (χ2n) is 6.14. The number of amides is 1. The summed E-state index contributed by atoms with van der Waals surface area (Å²) in [5.74, 6) is 0.980. The van der Waals surface area contributed by atoms with Gasteiger partial charge in [0, 0.05) is 31.1 Å². The van der Waals surface area contributed by atoms with E-state index in [9.17, 15) is 4.79 Å². The third-order valence-corrected chi connectivity index (χ3v) is 4.56. The Labute approximate surface area is 130 Å². The van der Waals surface area contributed by atoms with Crippen molar-refractivity contribution < 1.29 is 9.53 Å². The maximum absolute atomic E-state index is 12.5. The summed E-state index contributed by atoms with van der Waals surface area (Å²) >= 11 is 0. The van der Waals surface area contributed by atoms with E-state index < -0.39 is 0 Å². The van der Waals surface area contributed by atoms with Gasteiger partial charge in [0.25, 0.3) is 0 Å². The molecule has 2 fully saturated rings. The van der Waals surface area contributed by atoms with Gasteiger partial charge in [0.2, 0.25) is 11.8 Å². The summed E-state index contributed by atoms with van der Waals surface area (Å²) in [6, 6.07) is 5.38. The highest BCUT2D eigenvalue weighted by Crippen LogP contribution is 2.27. The molecule has 0 aromatic carbocycles. The fourth-order valence-corrected chi connectivity index (χ4v) is 3.35. The molecule has 116 valence electrons. The lowest BCUT2D eigenvalue weighted by atomic mass is 9.88. The average Bonchev–Trinajstić information content (AvgIpc) is 3.03. The van der Waals surface area contributed by atoms with Gasteiger partial charge in [0.05, 0.1) is 18.2 Å². The molecule has 2 heterocycles. The minimum atomic E-state index is -0.0195. The van der Waals surface area contributed by atoms with Gasteiger partial charge in [-0.3, -0.25) is 4.79 Å². The number of hydrogen-bond donors (Lipinski definition) is 0. The molecule has 0 N–H and O–H groups in total. The van der Waals surface area contributed by atoms with E-state index in [0.29, 0.717) is 23.9 Å². The van der Waals surface area contributed by atoms with Gasteiger partial charge in [-0.2, -0.15) is 5.26 Å². The van der Waals surface area contributed by atoms with Crippen molar-refractivity contribution >= 4 is 5.91 Å². The standard InChI is InChI=1S/C17H21N3O2/c18-11-13-6-8-19-16(10-13)22-15-7-9-20(12-15)17(21)14-4-2-1-3-5-14/h6,8,10,14-15H,1-5,7,9,12H2. The third kappa shape index (κ3) is 3.38. The molecular formula is C17H21N3O2. The SMILES string of the molecule is N#Cc1ccnc(OC2CCN(C(=O)C3CCCCC3)C2)c1. The molecule has 1 amide bonds. The van der Waals surface area contributed by atoms with Crippen LogP contribution >= 0.6 is 0 Å². The lowest BCUT2D eigenvalue weighted by Crippen LogP contribution is -2.36. The molecule has 3 rings (SSSR count). The van der Waals surface area contributed by atoms with Crippen molar-refractivity contribution in [2.45, 2.75) is 44.6 Å². The lowest BCUT2D eigenvalue weighted by molar-refractivity contribution is -0.135. The lowest BCUT2D eigenvalue weighted by Gasteiger charge is -2.26. The molecule has 1 saturated heterocycles. The van der Waals surface area contributed by atoms with Gasteiger partial charge in [-0.1, -0.05) is 19.3 Å². The Kier molecular flexibility index (Phi) is 4.57. The van der Waals surface area contributed by atoms with Crippen molar-refractivity contribution in [1.82, 2.24) is 9.88 Å². The van der Waals surface area contributed by atoms with E-state index in [1.165, 1.54) is 19.3 Å². The van der Waals surface area contributed by atoms with Crippen molar-refractivity contribution in [1.29, 1.82) is 5.26 Å². The molecule has 1 aromatic rings. The Hall–Kier alpha value is -2.09. The van der Waals surface area contributed by atoms with Gasteiger partial charge in [0.15, 0.2) is 0 Å². The highest BCUT2D eigenvalue weighted by molar-refractivity contribution is 5.79. The van der Waals surface area contributed by atoms with E-state index in [0.717, 1.165) is 25.8 Å². The largest absolute Gasteiger partial charge is 0.472 e. The van der Waals surface area contributed by atoms with Crippen LogP contribution in [-0.2, 0) is 4.79 Å². The summed E-state index contributed by atoms with van der Waals surface area (Å²) in [5, 5.41) is 8.90. The molecule has 5 heteroatoms. The van der Waals surface area contributed by atoms with Crippen LogP contribution in [0, 0.1) is 17.2 Å². The first kappa shape index (κ1) is 14.8. The monoisotopic (exact) mass is 299 g/mol. The Morgan fingerprint density at radius 2 is 2.14 bits per heavy atom. The zero-order chi connectivity index (χ0) is 15.4. The third-order valence-electron chi connectivity index (χ3n) is 4.56. The molecule has 1 aliphatic heterocycles. The minimum absolute atomic E-state index is 0.0195. The van der Waals surface area contributed by atoms with E-state index in [-0.39, 0.29) is 12.0 Å². The minimum Gasteiger partial charge on any atom is -0.472 e. The number of likely N-dealkylation sites (tertiary alicyclic amines) is 1. The van der Waals surface area contributed by atoms with Gasteiger partial charge in [0.1, 0.15) is 6.10 Å². The number of nitriles is 1. The molecule has 22 heavy (non-hydrogen) atoms. The van der Waals surface area contributed by atoms with E-state index in [2.05, 4.69) is 11.1 Å². The number of aromatic nitrogens is 1. The molecule has 0 spiro atoms. The molecule has 1 atom stereocenters. The van der Waals surface area contributed by atoms with Crippen molar-refractivity contribution in [3.63, 3.8) is 0 Å². The molecule has 1 aromatic heterocycles. The van der Waals surface area contributed by atoms with Crippen LogP contribution in [0.3, 0.4) is 0 Å². The first-order valence-electron chi connectivity index (χ1n) is 8.08. The van der Waals surface area contributed by atoms with Gasteiger partial charge >= 0.3 is 0 Å². The van der Waals surface area contributed by atoms with Gasteiger partial charge < -0.3 is 9.64 Å². The molecule has 0 bridgehead atoms. The van der Waals surface area contributed by atoms with Crippen LogP contribution in [0.4, 0.5) is 0 Å². The topological polar surface area (TPSA) is 66.2 Å². The summed E-state index contributed by atoms with van der Waals surface area (Å²) in [7, 11) is 0. The fourth-order valence-electron chi connectivity index (χ4n) is 3.35. The number of pyridine rings is 1. The number of carbonyl (C=O) groups is 1. The number of ether oxygens (including phenoxy) is 1. The predicted molar refractivity (Wildman–Crippen MR) is 81.1 cm³/mol. The Balaban J connectivity index is 1.55. The van der Waals surface area contributed by atoms with Crippen LogP contribution in [0.1, 0.15) is 44.1 Å². The first-order valence-corrected chi connectivity index (χ1v) is 8.08. The zero-order valence-corrected chi connectivity index (χ0v) is 12.7. The normalized spacial score (nSPS) is 22.3. The zero-order valence-electron chi connectivity index (χ0n) is 12.7. The molecule has 1 saturated carbocycles. The van der Waals surface area contributed by atoms with E-state index in [1.807, 2.05) is 4.90 Å². The summed E-state index contributed by atoms with van der Waals surface area (Å²) in [6.45, 7) is 1.39. The Morgan fingerprint density at radius 3 is 2.91 bits per heavy atom. The van der Waals surface area contributed by atoms with E-state index in [4.69, 9.17) is 10.00 Å². The number of hydrogen-bond acceptors (Lipinski definition) is 4. The van der Waals surface area contributed by atoms with Crippen LogP contribution in [0.15, 0.2) is 18.3 Å². The fraction of sp³-hybridized carbons (Fsp3) is 0.588. The summed E-state index contributed by atoms with van der Waals surface area (Å²) < 4.78 is 5.83. The molecule has 5 nitrogen and oxygen atoms in total. The van der Waals surface area contributed by atoms with Crippen LogP contribution in [-0.4, -0.2) is 35.0 Å². The molecule has 2 aliphatic rings. The Bertz CT molecular complexity index is 576. The van der Waals surface area contributed by atoms with Gasteiger partial charge in [-0.05, 0) is 18.9 Å². The molecule has 0 radical (unpaired) electrons. The van der Waals surface area contributed by atoms with Crippen molar-refractivity contribution in [3.05, 3.63) is 23.9 Å². The average molecular weight is 299 g/mol. The van der Waals surface area contributed by atoms with E-state index in [1.54, 1.807) is 18.3 Å². The van der Waals surface area contributed by atoms with E-state index >= 15 is 0 Å². The molecule has 1 unspecified atom stereocenters. The first-order chi connectivity index (χ1) is 10.8. The number of rotatable bonds is 3. The predicted octanol–water partition coefficient (Wildman–Crippen LogP) is 2.51. The summed E-state index contributed by atoms with van der Waals surface area (Å²) in [5.41, 5.74) is 0.540. The molecular weight excluding hydrogens is 278 g/mol. The highest BCUT2D eigenvalue weighted by Gasteiger charge is 2.32. The van der Waals surface area contributed by atoms with Crippen LogP contribution in [0.2, 0.25) is 0 Å². The Morgan fingerprint density at radius 1 is 1.32 bits per heavy atom. The summed E-state index contributed by atoms with van der Waals surface area (Å²) in [6.07, 6.45) is 8.07. The molecule has 1 aliphatic carbocycles. The van der Waals surface area contributed by atoms with Crippen molar-refractivity contribution in [2.24, 2.45) is 5.92 Å². The van der Waals surface area contributed by atoms with Gasteiger partial charge in [-0.25, -0.2) is 4.98 Å². The van der Waals surface area contributed by atoms with Gasteiger partial charge in [-0.15, -0.1) is 0 Å². The van der Waals surface area contributed by atoms with Crippen molar-refractivity contribution in [2.75, 3.05) is 13.1 Å². The van der Waals surface area contributed by atoms with Crippen LogP contribution in [0.25, 0.3) is 0 Å². The number of nitrogens with zero attached hydrogens (tertiary/aromatic N) is 3. The quantitative estimate of drug-likeness (QED) is 0.860. The van der Waals surface area contributed by atoms with Crippen molar-refractivity contribution in [3.8, 4) is 11.9 Å². The number of carbonyl (C=O) groups excluding carboxylic acids is 1. The smallest absolute Gasteiger partial charge is 0.225 e. The van der Waals surface area contributed by atoms with Crippen LogP contribution in [0.5, 0.6) is 5.88 Å². The summed E-state index contributed by atoms with van der Waals surface area (Å²) in [4.78, 5) is 18.6. The highest BCUT2D eigenvalue weighted by atomic mass is 16.5. The maximum Gasteiger partial charge on any atom is 0.225 e. The second kappa shape index (κ2) is 6.78. The second-order valence-corrected chi connectivity index (χ2v) is 6.14. The van der Waals surface area contributed by atoms with Crippen LogP contribution < -0.4 is 4.74 Å².